The Morgan fingerprint density at radius 3 is 2.48 bits per heavy atom. The van der Waals surface area contributed by atoms with Crippen LogP contribution >= 0.6 is 23.2 Å². The van der Waals surface area contributed by atoms with E-state index in [9.17, 15) is 4.79 Å². The van der Waals surface area contributed by atoms with Gasteiger partial charge in [0.25, 0.3) is 0 Å². The summed E-state index contributed by atoms with van der Waals surface area (Å²) in [7, 11) is 0. The van der Waals surface area contributed by atoms with E-state index < -0.39 is 0 Å². The van der Waals surface area contributed by atoms with Crippen LogP contribution in [0.1, 0.15) is 19.8 Å². The van der Waals surface area contributed by atoms with Gasteiger partial charge in [0.15, 0.2) is 0 Å². The summed E-state index contributed by atoms with van der Waals surface area (Å²) in [6.07, 6.45) is 1.10. The molecule has 1 fully saturated rings. The molecule has 2 aromatic carbocycles. The molecule has 0 atom stereocenters. The number of rotatable bonds is 8. The highest BCUT2D eigenvalue weighted by atomic mass is 35.5. The number of carbonyl (C=O) groups is 1. The number of halogens is 2. The highest BCUT2D eigenvalue weighted by Gasteiger charge is 2.22. The fraction of sp³-hybridized carbons (Fsp3) is 0.409. The van der Waals surface area contributed by atoms with Gasteiger partial charge in [0.05, 0.1) is 23.9 Å². The minimum Gasteiger partial charge on any atom is -0.492 e. The fourth-order valence-corrected chi connectivity index (χ4v) is 3.81. The maximum absolute atomic E-state index is 12.5. The molecule has 29 heavy (non-hydrogen) atoms. The summed E-state index contributed by atoms with van der Waals surface area (Å²) in [5.74, 6) is 1.64. The van der Waals surface area contributed by atoms with E-state index >= 15 is 0 Å². The minimum absolute atomic E-state index is 0.161. The van der Waals surface area contributed by atoms with Gasteiger partial charge in [0, 0.05) is 37.6 Å². The summed E-state index contributed by atoms with van der Waals surface area (Å²) >= 11 is 12.0. The van der Waals surface area contributed by atoms with Crippen molar-refractivity contribution < 1.29 is 14.3 Å². The molecule has 1 heterocycles. The first-order valence-corrected chi connectivity index (χ1v) is 10.7. The van der Waals surface area contributed by atoms with Crippen molar-refractivity contribution in [2.24, 2.45) is 0 Å². The van der Waals surface area contributed by atoms with E-state index in [1.807, 2.05) is 30.0 Å². The molecule has 0 unspecified atom stereocenters. The van der Waals surface area contributed by atoms with E-state index in [0.29, 0.717) is 54.9 Å². The lowest BCUT2D eigenvalue weighted by Gasteiger charge is -2.36. The predicted molar refractivity (Wildman–Crippen MR) is 118 cm³/mol. The first-order chi connectivity index (χ1) is 14.1. The number of amides is 1. The van der Waals surface area contributed by atoms with Gasteiger partial charge in [0.2, 0.25) is 5.91 Å². The van der Waals surface area contributed by atoms with E-state index in [0.717, 1.165) is 24.5 Å². The van der Waals surface area contributed by atoms with Crippen LogP contribution in [0, 0.1) is 0 Å². The van der Waals surface area contributed by atoms with Gasteiger partial charge in [-0.3, -0.25) is 4.79 Å². The second-order valence-electron chi connectivity index (χ2n) is 6.80. The maximum Gasteiger partial charge on any atom is 0.222 e. The summed E-state index contributed by atoms with van der Waals surface area (Å²) in [5, 5.41) is 1.05. The molecule has 2 aromatic rings. The molecule has 1 saturated heterocycles. The lowest BCUT2D eigenvalue weighted by Crippen LogP contribution is -2.48. The maximum atomic E-state index is 12.5. The quantitative estimate of drug-likeness (QED) is 0.551. The molecule has 0 N–H and O–H groups in total. The van der Waals surface area contributed by atoms with E-state index in [-0.39, 0.29) is 5.91 Å². The van der Waals surface area contributed by atoms with Crippen LogP contribution in [-0.2, 0) is 4.79 Å². The van der Waals surface area contributed by atoms with Crippen LogP contribution in [-0.4, -0.2) is 50.2 Å². The molecule has 0 radical (unpaired) electrons. The van der Waals surface area contributed by atoms with E-state index in [1.165, 1.54) is 0 Å². The topological polar surface area (TPSA) is 42.0 Å². The molecule has 3 rings (SSSR count). The van der Waals surface area contributed by atoms with Crippen molar-refractivity contribution in [2.75, 3.05) is 44.3 Å². The van der Waals surface area contributed by atoms with E-state index in [4.69, 9.17) is 32.7 Å². The third-order valence-corrected chi connectivity index (χ3v) is 5.36. The van der Waals surface area contributed by atoms with Gasteiger partial charge in [-0.05, 0) is 43.7 Å². The van der Waals surface area contributed by atoms with Gasteiger partial charge < -0.3 is 19.3 Å². The number of ether oxygens (including phenoxy) is 2. The lowest BCUT2D eigenvalue weighted by atomic mass is 10.2. The highest BCUT2D eigenvalue weighted by molar-refractivity contribution is 6.35. The Labute approximate surface area is 182 Å². The van der Waals surface area contributed by atoms with Crippen molar-refractivity contribution in [2.45, 2.75) is 19.8 Å². The summed E-state index contributed by atoms with van der Waals surface area (Å²) < 4.78 is 11.4. The highest BCUT2D eigenvalue weighted by Crippen LogP contribution is 2.29. The second-order valence-corrected chi connectivity index (χ2v) is 7.64. The van der Waals surface area contributed by atoms with Crippen molar-refractivity contribution in [3.05, 3.63) is 52.5 Å². The summed E-state index contributed by atoms with van der Waals surface area (Å²) in [6.45, 7) is 6.08. The zero-order chi connectivity index (χ0) is 20.6. The number of piperazine rings is 1. The minimum atomic E-state index is 0.161. The zero-order valence-corrected chi connectivity index (χ0v) is 18.1. The van der Waals surface area contributed by atoms with Gasteiger partial charge in [-0.15, -0.1) is 0 Å². The second kappa shape index (κ2) is 10.6. The van der Waals surface area contributed by atoms with Crippen LogP contribution in [0.15, 0.2) is 42.5 Å². The monoisotopic (exact) mass is 436 g/mol. The van der Waals surface area contributed by atoms with Crippen LogP contribution in [0.25, 0.3) is 0 Å². The molecule has 1 amide bonds. The third kappa shape index (κ3) is 5.94. The number of para-hydroxylation sites is 2. The molecule has 0 aromatic heterocycles. The number of nitrogens with zero attached hydrogens (tertiary/aromatic N) is 2. The van der Waals surface area contributed by atoms with Gasteiger partial charge in [-0.1, -0.05) is 35.3 Å². The van der Waals surface area contributed by atoms with Gasteiger partial charge in [0.1, 0.15) is 11.5 Å². The van der Waals surface area contributed by atoms with Crippen LogP contribution in [0.3, 0.4) is 0 Å². The van der Waals surface area contributed by atoms with E-state index in [1.54, 1.807) is 18.2 Å². The first kappa shape index (κ1) is 21.6. The molecule has 1 aliphatic heterocycles. The van der Waals surface area contributed by atoms with Crippen molar-refractivity contribution in [3.8, 4) is 11.5 Å². The van der Waals surface area contributed by atoms with E-state index in [2.05, 4.69) is 11.0 Å². The predicted octanol–water partition coefficient (Wildman–Crippen LogP) is 4.90. The van der Waals surface area contributed by atoms with Crippen LogP contribution in [0.2, 0.25) is 10.0 Å². The molecule has 7 heteroatoms. The molecule has 5 nitrogen and oxygen atoms in total. The number of benzene rings is 2. The molecule has 1 aliphatic rings. The fourth-order valence-electron chi connectivity index (χ4n) is 3.35. The SMILES string of the molecule is CCOc1ccccc1N1CCN(C(=O)CCCOc2ccc(Cl)cc2Cl)CC1. The normalized spacial score (nSPS) is 14.0. The molecular formula is C22H26Cl2N2O3. The summed E-state index contributed by atoms with van der Waals surface area (Å²) in [5.41, 5.74) is 1.09. The summed E-state index contributed by atoms with van der Waals surface area (Å²) in [6, 6.07) is 13.2. The Morgan fingerprint density at radius 2 is 1.76 bits per heavy atom. The number of hydrogen-bond acceptors (Lipinski definition) is 4. The smallest absolute Gasteiger partial charge is 0.222 e. The average Bonchev–Trinajstić information content (AvgIpc) is 2.73. The standard InChI is InChI=1S/C22H26Cl2N2O3/c1-2-28-21-7-4-3-6-19(21)25-11-13-26(14-12-25)22(27)8-5-15-29-20-10-9-17(23)16-18(20)24/h3-4,6-7,9-10,16H,2,5,8,11-15H2,1H3. The molecule has 0 saturated carbocycles. The van der Waals surface area contributed by atoms with Crippen molar-refractivity contribution in [1.29, 1.82) is 0 Å². The van der Waals surface area contributed by atoms with Crippen LogP contribution < -0.4 is 14.4 Å². The first-order valence-electron chi connectivity index (χ1n) is 9.91. The largest absolute Gasteiger partial charge is 0.492 e. The Morgan fingerprint density at radius 1 is 1.00 bits per heavy atom. The van der Waals surface area contributed by atoms with Crippen molar-refractivity contribution in [3.63, 3.8) is 0 Å². The summed E-state index contributed by atoms with van der Waals surface area (Å²) in [4.78, 5) is 16.7. The molecule has 0 aliphatic carbocycles. The van der Waals surface area contributed by atoms with Gasteiger partial charge >= 0.3 is 0 Å². The van der Waals surface area contributed by atoms with Crippen molar-refractivity contribution in [1.82, 2.24) is 4.90 Å². The van der Waals surface area contributed by atoms with Crippen LogP contribution in [0.4, 0.5) is 5.69 Å². The molecular weight excluding hydrogens is 411 g/mol. The zero-order valence-electron chi connectivity index (χ0n) is 16.6. The Balaban J connectivity index is 1.42. The molecule has 0 bridgehead atoms. The Hall–Kier alpha value is -2.11. The Bertz CT molecular complexity index is 823. The molecule has 156 valence electrons. The third-order valence-electron chi connectivity index (χ3n) is 4.82. The Kier molecular flexibility index (Phi) is 7.90. The van der Waals surface area contributed by atoms with Gasteiger partial charge in [-0.25, -0.2) is 0 Å². The molecule has 0 spiro atoms. The lowest BCUT2D eigenvalue weighted by molar-refractivity contribution is -0.131. The number of anilines is 1. The van der Waals surface area contributed by atoms with Crippen LogP contribution in [0.5, 0.6) is 11.5 Å². The average molecular weight is 437 g/mol. The van der Waals surface area contributed by atoms with Gasteiger partial charge in [-0.2, -0.15) is 0 Å². The number of carbonyl (C=O) groups excluding carboxylic acids is 1. The van der Waals surface area contributed by atoms with Crippen molar-refractivity contribution >= 4 is 34.8 Å². The number of hydrogen-bond donors (Lipinski definition) is 0.